The Bertz CT molecular complexity index is 969. The van der Waals surface area contributed by atoms with E-state index < -0.39 is 0 Å². The van der Waals surface area contributed by atoms with E-state index in [9.17, 15) is 9.90 Å². The molecule has 6 nitrogen and oxygen atoms in total. The Labute approximate surface area is 167 Å². The number of anilines is 1. The van der Waals surface area contributed by atoms with Crippen molar-refractivity contribution in [2.45, 2.75) is 20.0 Å². The lowest BCUT2D eigenvalue weighted by atomic mass is 9.99. The van der Waals surface area contributed by atoms with Crippen LogP contribution in [0.3, 0.4) is 0 Å². The average molecular weight is 395 g/mol. The summed E-state index contributed by atoms with van der Waals surface area (Å²) in [5.74, 6) is -0.290. The van der Waals surface area contributed by atoms with E-state index in [-0.39, 0.29) is 19.0 Å². The van der Waals surface area contributed by atoms with E-state index in [1.807, 2.05) is 53.9 Å². The van der Waals surface area contributed by atoms with Gasteiger partial charge in [-0.2, -0.15) is 5.10 Å². The number of carbonyl (C=O) groups excluding carboxylic acids is 1. The molecule has 3 aromatic rings. The number of hydrazone groups is 1. The number of aliphatic hydroxyl groups is 1. The fourth-order valence-electron chi connectivity index (χ4n) is 2.67. The summed E-state index contributed by atoms with van der Waals surface area (Å²) in [6.07, 6.45) is 1.88. The van der Waals surface area contributed by atoms with Crippen LogP contribution in [0.1, 0.15) is 23.7 Å². The Morgan fingerprint density at radius 1 is 1.29 bits per heavy atom. The molecule has 1 heterocycles. The number of carbonyl (C=O) groups is 1. The van der Waals surface area contributed by atoms with Gasteiger partial charge in [0.15, 0.2) is 0 Å². The van der Waals surface area contributed by atoms with Gasteiger partial charge in [-0.1, -0.05) is 42.5 Å². The van der Waals surface area contributed by atoms with Crippen LogP contribution >= 0.6 is 11.3 Å². The van der Waals surface area contributed by atoms with Crippen LogP contribution in [0.4, 0.5) is 5.13 Å². The quantitative estimate of drug-likeness (QED) is 0.344. The second kappa shape index (κ2) is 9.77. The fourth-order valence-corrected chi connectivity index (χ4v) is 3.33. The van der Waals surface area contributed by atoms with Gasteiger partial charge in [0.05, 0.1) is 31.5 Å². The molecule has 3 rings (SSSR count). The zero-order valence-electron chi connectivity index (χ0n) is 15.5. The highest BCUT2D eigenvalue weighted by atomic mass is 32.1. The summed E-state index contributed by atoms with van der Waals surface area (Å²) in [6, 6.07) is 15.7. The summed E-state index contributed by atoms with van der Waals surface area (Å²) in [6.45, 7) is 2.14. The van der Waals surface area contributed by atoms with Crippen molar-refractivity contribution in [2.24, 2.45) is 5.10 Å². The number of nitrogens with zero attached hydrogens (tertiary/aromatic N) is 2. The highest BCUT2D eigenvalue weighted by Crippen LogP contribution is 2.24. The molecule has 0 saturated heterocycles. The van der Waals surface area contributed by atoms with E-state index in [4.69, 9.17) is 4.74 Å². The molecule has 0 bridgehead atoms. The predicted molar refractivity (Wildman–Crippen MR) is 111 cm³/mol. The maximum atomic E-state index is 11.5. The van der Waals surface area contributed by atoms with E-state index >= 15 is 0 Å². The molecule has 0 aliphatic rings. The van der Waals surface area contributed by atoms with Crippen molar-refractivity contribution in [2.75, 3.05) is 12.0 Å². The Hall–Kier alpha value is -3.03. The number of hydrogen-bond donors (Lipinski definition) is 2. The molecule has 0 radical (unpaired) electrons. The van der Waals surface area contributed by atoms with Crippen molar-refractivity contribution >= 4 is 28.7 Å². The zero-order valence-corrected chi connectivity index (χ0v) is 16.3. The first kappa shape index (κ1) is 19.7. The van der Waals surface area contributed by atoms with Gasteiger partial charge < -0.3 is 9.84 Å². The number of esters is 1. The Morgan fingerprint density at radius 3 is 2.96 bits per heavy atom. The molecule has 0 aliphatic carbocycles. The molecular formula is C21H21N3O3S. The molecule has 0 atom stereocenters. The zero-order chi connectivity index (χ0) is 19.8. The van der Waals surface area contributed by atoms with Gasteiger partial charge in [-0.05, 0) is 29.7 Å². The maximum absolute atomic E-state index is 11.5. The van der Waals surface area contributed by atoms with E-state index in [1.165, 1.54) is 11.3 Å². The van der Waals surface area contributed by atoms with Crippen LogP contribution in [0.25, 0.3) is 11.1 Å². The minimum atomic E-state index is -0.290. The Kier molecular flexibility index (Phi) is 6.89. The Morgan fingerprint density at radius 2 is 2.14 bits per heavy atom. The third kappa shape index (κ3) is 5.25. The van der Waals surface area contributed by atoms with Crippen LogP contribution < -0.4 is 5.43 Å². The topological polar surface area (TPSA) is 83.8 Å². The molecular weight excluding hydrogens is 374 g/mol. The summed E-state index contributed by atoms with van der Waals surface area (Å²) in [7, 11) is 0. The summed E-state index contributed by atoms with van der Waals surface area (Å²) < 4.78 is 4.93. The van der Waals surface area contributed by atoms with Crippen molar-refractivity contribution in [1.82, 2.24) is 4.98 Å². The lowest BCUT2D eigenvalue weighted by molar-refractivity contribution is -0.142. The highest BCUT2D eigenvalue weighted by molar-refractivity contribution is 7.13. The van der Waals surface area contributed by atoms with Gasteiger partial charge in [0.2, 0.25) is 5.13 Å². The van der Waals surface area contributed by atoms with Crippen molar-refractivity contribution in [1.29, 1.82) is 0 Å². The van der Waals surface area contributed by atoms with Crippen LogP contribution in [-0.2, 0) is 22.6 Å². The number of ether oxygens (including phenoxy) is 1. The largest absolute Gasteiger partial charge is 0.466 e. The monoisotopic (exact) mass is 395 g/mol. The highest BCUT2D eigenvalue weighted by Gasteiger charge is 2.08. The summed E-state index contributed by atoms with van der Waals surface area (Å²) in [5, 5.41) is 16.1. The molecule has 0 aliphatic heterocycles. The molecule has 2 aromatic carbocycles. The number of rotatable bonds is 8. The fraction of sp³-hybridized carbons (Fsp3) is 0.190. The third-order valence-corrected chi connectivity index (χ3v) is 4.72. The van der Waals surface area contributed by atoms with Crippen LogP contribution in [0.2, 0.25) is 0 Å². The van der Waals surface area contributed by atoms with Crippen molar-refractivity contribution in [3.8, 4) is 11.1 Å². The first-order valence-corrected chi connectivity index (χ1v) is 9.76. The van der Waals surface area contributed by atoms with E-state index in [1.54, 1.807) is 13.1 Å². The van der Waals surface area contributed by atoms with Gasteiger partial charge in [0.1, 0.15) is 0 Å². The van der Waals surface area contributed by atoms with E-state index in [0.29, 0.717) is 17.4 Å². The normalized spacial score (nSPS) is 10.9. The van der Waals surface area contributed by atoms with Crippen molar-refractivity contribution in [3.63, 3.8) is 0 Å². The van der Waals surface area contributed by atoms with Gasteiger partial charge in [0.25, 0.3) is 0 Å². The molecule has 0 saturated carbocycles. The van der Waals surface area contributed by atoms with Gasteiger partial charge in [-0.3, -0.25) is 10.2 Å². The smallest absolute Gasteiger partial charge is 0.311 e. The maximum Gasteiger partial charge on any atom is 0.311 e. The van der Waals surface area contributed by atoms with Gasteiger partial charge in [0, 0.05) is 10.9 Å². The van der Waals surface area contributed by atoms with Crippen molar-refractivity contribution in [3.05, 3.63) is 70.7 Å². The Balaban J connectivity index is 1.70. The predicted octanol–water partition coefficient (Wildman–Crippen LogP) is 3.85. The summed E-state index contributed by atoms with van der Waals surface area (Å²) in [4.78, 5) is 15.8. The number of hydrogen-bond acceptors (Lipinski definition) is 7. The second-order valence-corrected chi connectivity index (χ2v) is 6.80. The average Bonchev–Trinajstić information content (AvgIpc) is 3.15. The molecule has 28 heavy (non-hydrogen) atoms. The number of benzene rings is 2. The van der Waals surface area contributed by atoms with Crippen LogP contribution in [0.5, 0.6) is 0 Å². The van der Waals surface area contributed by atoms with Crippen LogP contribution in [0, 0.1) is 0 Å². The van der Waals surface area contributed by atoms with Crippen molar-refractivity contribution < 1.29 is 14.6 Å². The lowest BCUT2D eigenvalue weighted by Crippen LogP contribution is -2.07. The minimum Gasteiger partial charge on any atom is -0.466 e. The molecule has 0 unspecified atom stereocenters. The number of thiazole rings is 1. The minimum absolute atomic E-state index is 0.00380. The molecule has 0 amide bonds. The third-order valence-electron chi connectivity index (χ3n) is 3.93. The van der Waals surface area contributed by atoms with E-state index in [0.717, 1.165) is 22.3 Å². The molecule has 1 aromatic heterocycles. The van der Waals surface area contributed by atoms with Crippen LogP contribution in [0.15, 0.2) is 59.0 Å². The molecule has 0 spiro atoms. The summed E-state index contributed by atoms with van der Waals surface area (Å²) in [5.41, 5.74) is 7.39. The number of aliphatic hydroxyl groups excluding tert-OH is 1. The number of aromatic nitrogens is 1. The summed E-state index contributed by atoms with van der Waals surface area (Å²) >= 11 is 1.38. The van der Waals surface area contributed by atoms with Gasteiger partial charge in [-0.15, -0.1) is 11.3 Å². The number of nitrogens with one attached hydrogen (secondary N) is 1. The van der Waals surface area contributed by atoms with Gasteiger partial charge >= 0.3 is 5.97 Å². The van der Waals surface area contributed by atoms with E-state index in [2.05, 4.69) is 15.5 Å². The second-order valence-electron chi connectivity index (χ2n) is 5.94. The van der Waals surface area contributed by atoms with Gasteiger partial charge in [-0.25, -0.2) is 4.98 Å². The molecule has 7 heteroatoms. The lowest BCUT2D eigenvalue weighted by Gasteiger charge is -2.07. The SMILES string of the molecule is CCOC(=O)Cc1csc(NN=Cc2ccccc2-c2cccc(CO)c2)n1. The molecule has 2 N–H and O–H groups in total. The standard InChI is InChI=1S/C21H21N3O3S/c1-2-27-20(26)11-18-14-28-21(23-18)24-22-12-17-7-3-4-9-19(17)16-8-5-6-15(10-16)13-25/h3-10,12,14,25H,2,11,13H2,1H3,(H,23,24). The first-order valence-electron chi connectivity index (χ1n) is 8.88. The molecule has 0 fully saturated rings. The first-order chi connectivity index (χ1) is 13.7. The van der Waals surface area contributed by atoms with Crippen LogP contribution in [-0.4, -0.2) is 28.9 Å². The molecule has 144 valence electrons.